The van der Waals surface area contributed by atoms with Crippen LogP contribution in [0.3, 0.4) is 0 Å². The number of halogens is 2. The number of amides is 2. The molecule has 2 aliphatic heterocycles. The van der Waals surface area contributed by atoms with Gasteiger partial charge in [-0.15, -0.1) is 0 Å². The minimum atomic E-state index is -0.109. The molecule has 2 fully saturated rings. The molecular weight excluding hydrogens is 425 g/mol. The normalized spacial score (nSPS) is 18.5. The van der Waals surface area contributed by atoms with Gasteiger partial charge in [0.25, 0.3) is 0 Å². The zero-order valence-electron chi connectivity index (χ0n) is 17.4. The number of hydrogen-bond acceptors (Lipinski definition) is 4. The summed E-state index contributed by atoms with van der Waals surface area (Å²) < 4.78 is 0. The van der Waals surface area contributed by atoms with Gasteiger partial charge in [-0.1, -0.05) is 23.2 Å². The molecule has 0 radical (unpaired) electrons. The second kappa shape index (κ2) is 10.6. The van der Waals surface area contributed by atoms with E-state index >= 15 is 0 Å². The van der Waals surface area contributed by atoms with Crippen LogP contribution in [-0.4, -0.2) is 66.7 Å². The Hall–Kier alpha value is -1.63. The van der Waals surface area contributed by atoms with Crippen LogP contribution in [0.25, 0.3) is 0 Å². The molecule has 0 aliphatic carbocycles. The van der Waals surface area contributed by atoms with Crippen LogP contribution in [0.1, 0.15) is 39.0 Å². The van der Waals surface area contributed by atoms with E-state index in [0.29, 0.717) is 61.1 Å². The number of carbonyl (C=O) groups is 3. The number of piperidine rings is 2. The lowest BCUT2D eigenvalue weighted by atomic mass is 9.94. The van der Waals surface area contributed by atoms with Gasteiger partial charge in [-0.2, -0.15) is 0 Å². The van der Waals surface area contributed by atoms with Crippen molar-refractivity contribution < 1.29 is 14.4 Å². The van der Waals surface area contributed by atoms with Crippen LogP contribution in [0.2, 0.25) is 10.0 Å². The standard InChI is InChI=1S/C22H29Cl2N3O3/c1-16(28)26-13-5-17(6-14-26)22(30)27(18-3-4-20(23)21(24)15-18)10-2-9-25-11-7-19(29)8-12-25/h3-4,15,17H,2,5-14H2,1H3. The number of Topliss-reactive ketones (excluding diaryl/α,β-unsaturated/α-hetero) is 1. The van der Waals surface area contributed by atoms with Gasteiger partial charge in [-0.05, 0) is 44.0 Å². The third-order valence-electron chi connectivity index (χ3n) is 6.04. The van der Waals surface area contributed by atoms with Crippen LogP contribution >= 0.6 is 23.2 Å². The van der Waals surface area contributed by atoms with Gasteiger partial charge < -0.3 is 14.7 Å². The van der Waals surface area contributed by atoms with Crippen molar-refractivity contribution in [1.29, 1.82) is 0 Å². The summed E-state index contributed by atoms with van der Waals surface area (Å²) in [6.45, 7) is 5.81. The van der Waals surface area contributed by atoms with Gasteiger partial charge >= 0.3 is 0 Å². The zero-order chi connectivity index (χ0) is 21.7. The maximum Gasteiger partial charge on any atom is 0.230 e. The van der Waals surface area contributed by atoms with Crippen molar-refractivity contribution in [3.8, 4) is 0 Å². The van der Waals surface area contributed by atoms with E-state index in [2.05, 4.69) is 4.90 Å². The highest BCUT2D eigenvalue weighted by Gasteiger charge is 2.30. The number of benzene rings is 1. The van der Waals surface area contributed by atoms with Crippen molar-refractivity contribution in [3.63, 3.8) is 0 Å². The Labute approximate surface area is 188 Å². The number of ketones is 1. The average molecular weight is 454 g/mol. The summed E-state index contributed by atoms with van der Waals surface area (Å²) in [5, 5.41) is 0.883. The smallest absolute Gasteiger partial charge is 0.230 e. The Balaban J connectivity index is 1.66. The van der Waals surface area contributed by atoms with Crippen LogP contribution in [0, 0.1) is 5.92 Å². The summed E-state index contributed by atoms with van der Waals surface area (Å²) >= 11 is 12.3. The second-order valence-corrected chi connectivity index (χ2v) is 8.92. The van der Waals surface area contributed by atoms with Crippen LogP contribution in [0.5, 0.6) is 0 Å². The van der Waals surface area contributed by atoms with E-state index in [1.807, 2.05) is 11.0 Å². The Kier molecular flexibility index (Phi) is 8.14. The van der Waals surface area contributed by atoms with Crippen molar-refractivity contribution in [2.75, 3.05) is 44.2 Å². The summed E-state index contributed by atoms with van der Waals surface area (Å²) in [5.74, 6) is 0.353. The topological polar surface area (TPSA) is 60.9 Å². The van der Waals surface area contributed by atoms with Gasteiger partial charge in [0, 0.05) is 64.1 Å². The minimum absolute atomic E-state index is 0.0576. The predicted molar refractivity (Wildman–Crippen MR) is 119 cm³/mol. The summed E-state index contributed by atoms with van der Waals surface area (Å²) in [5.41, 5.74) is 0.747. The molecule has 30 heavy (non-hydrogen) atoms. The SMILES string of the molecule is CC(=O)N1CCC(C(=O)N(CCCN2CCC(=O)CC2)c2ccc(Cl)c(Cl)c2)CC1. The summed E-state index contributed by atoms with van der Waals surface area (Å²) in [4.78, 5) is 42.3. The molecule has 6 nitrogen and oxygen atoms in total. The minimum Gasteiger partial charge on any atom is -0.343 e. The van der Waals surface area contributed by atoms with Gasteiger partial charge in [0.15, 0.2) is 0 Å². The molecule has 2 heterocycles. The Morgan fingerprint density at radius 3 is 2.33 bits per heavy atom. The number of likely N-dealkylation sites (tertiary alicyclic amines) is 2. The molecule has 0 bridgehead atoms. The first-order valence-electron chi connectivity index (χ1n) is 10.6. The van der Waals surface area contributed by atoms with Crippen molar-refractivity contribution in [2.45, 2.75) is 39.0 Å². The zero-order valence-corrected chi connectivity index (χ0v) is 18.9. The molecule has 0 atom stereocenters. The molecule has 3 rings (SSSR count). The molecule has 0 unspecified atom stereocenters. The second-order valence-electron chi connectivity index (χ2n) is 8.10. The van der Waals surface area contributed by atoms with Crippen LogP contribution in [-0.2, 0) is 14.4 Å². The average Bonchev–Trinajstić information content (AvgIpc) is 2.74. The fourth-order valence-corrected chi connectivity index (χ4v) is 4.45. The molecule has 1 aromatic rings. The third-order valence-corrected chi connectivity index (χ3v) is 6.78. The molecule has 8 heteroatoms. The van der Waals surface area contributed by atoms with Gasteiger partial charge in [0.2, 0.25) is 11.8 Å². The summed E-state index contributed by atoms with van der Waals surface area (Å²) in [6.07, 6.45) is 3.38. The lowest BCUT2D eigenvalue weighted by molar-refractivity contribution is -0.133. The van der Waals surface area contributed by atoms with E-state index < -0.39 is 0 Å². The number of hydrogen-bond donors (Lipinski definition) is 0. The van der Waals surface area contributed by atoms with E-state index in [-0.39, 0.29) is 17.7 Å². The highest BCUT2D eigenvalue weighted by Crippen LogP contribution is 2.30. The molecule has 2 amide bonds. The van der Waals surface area contributed by atoms with Crippen LogP contribution in [0.15, 0.2) is 18.2 Å². The lowest BCUT2D eigenvalue weighted by Gasteiger charge is -2.34. The summed E-state index contributed by atoms with van der Waals surface area (Å²) in [7, 11) is 0. The predicted octanol–water partition coefficient (Wildman–Crippen LogP) is 3.64. The number of nitrogens with zero attached hydrogens (tertiary/aromatic N) is 3. The monoisotopic (exact) mass is 453 g/mol. The Morgan fingerprint density at radius 2 is 1.73 bits per heavy atom. The first-order chi connectivity index (χ1) is 14.3. The third kappa shape index (κ3) is 5.96. The van der Waals surface area contributed by atoms with E-state index in [0.717, 1.165) is 31.7 Å². The van der Waals surface area contributed by atoms with E-state index in [1.54, 1.807) is 24.0 Å². The highest BCUT2D eigenvalue weighted by atomic mass is 35.5. The first kappa shape index (κ1) is 23.0. The Morgan fingerprint density at radius 1 is 1.07 bits per heavy atom. The van der Waals surface area contributed by atoms with Gasteiger partial charge in [0.1, 0.15) is 5.78 Å². The molecule has 0 spiro atoms. The summed E-state index contributed by atoms with van der Waals surface area (Å²) in [6, 6.07) is 5.29. The molecule has 2 saturated heterocycles. The van der Waals surface area contributed by atoms with Crippen molar-refractivity contribution >= 4 is 46.5 Å². The quantitative estimate of drug-likeness (QED) is 0.659. The fourth-order valence-electron chi connectivity index (χ4n) is 4.16. The Bertz CT molecular complexity index is 784. The lowest BCUT2D eigenvalue weighted by Crippen LogP contribution is -2.45. The fraction of sp³-hybridized carbons (Fsp3) is 0.591. The van der Waals surface area contributed by atoms with E-state index in [9.17, 15) is 14.4 Å². The molecule has 0 N–H and O–H groups in total. The van der Waals surface area contributed by atoms with Gasteiger partial charge in [-0.25, -0.2) is 0 Å². The van der Waals surface area contributed by atoms with Crippen molar-refractivity contribution in [1.82, 2.24) is 9.80 Å². The van der Waals surface area contributed by atoms with Crippen LogP contribution in [0.4, 0.5) is 5.69 Å². The maximum atomic E-state index is 13.4. The molecular formula is C22H29Cl2N3O3. The molecule has 0 aromatic heterocycles. The van der Waals surface area contributed by atoms with E-state index in [1.165, 1.54) is 0 Å². The van der Waals surface area contributed by atoms with Crippen LogP contribution < -0.4 is 4.90 Å². The molecule has 1 aromatic carbocycles. The number of anilines is 1. The number of carbonyl (C=O) groups excluding carboxylic acids is 3. The first-order valence-corrected chi connectivity index (χ1v) is 11.4. The number of rotatable bonds is 6. The molecule has 164 valence electrons. The maximum absolute atomic E-state index is 13.4. The van der Waals surface area contributed by atoms with Gasteiger partial charge in [0.05, 0.1) is 10.0 Å². The molecule has 0 saturated carbocycles. The largest absolute Gasteiger partial charge is 0.343 e. The van der Waals surface area contributed by atoms with Gasteiger partial charge in [-0.3, -0.25) is 14.4 Å². The van der Waals surface area contributed by atoms with E-state index in [4.69, 9.17) is 23.2 Å². The molecule has 2 aliphatic rings. The highest BCUT2D eigenvalue weighted by molar-refractivity contribution is 6.42. The van der Waals surface area contributed by atoms with Crippen molar-refractivity contribution in [2.24, 2.45) is 5.92 Å². The van der Waals surface area contributed by atoms with Crippen molar-refractivity contribution in [3.05, 3.63) is 28.2 Å².